The maximum absolute atomic E-state index is 6.13. The lowest BCUT2D eigenvalue weighted by molar-refractivity contribution is 0.362. The fourth-order valence-electron chi connectivity index (χ4n) is 1.79. The molecule has 1 aliphatic carbocycles. The van der Waals surface area contributed by atoms with Gasteiger partial charge in [0, 0.05) is 5.92 Å². The molecule has 1 saturated carbocycles. The molecule has 0 aliphatic heterocycles. The van der Waals surface area contributed by atoms with Crippen molar-refractivity contribution in [2.45, 2.75) is 51.3 Å². The molecule has 0 aromatic carbocycles. The Hall–Kier alpha value is -0.570. The summed E-state index contributed by atoms with van der Waals surface area (Å²) >= 11 is 6.13. The molecule has 0 bridgehead atoms. The summed E-state index contributed by atoms with van der Waals surface area (Å²) in [5, 5.41) is 3.84. The van der Waals surface area contributed by atoms with E-state index in [0.717, 1.165) is 25.2 Å². The fourth-order valence-corrected chi connectivity index (χ4v) is 2.09. The van der Waals surface area contributed by atoms with E-state index in [1.807, 2.05) is 0 Å². The Bertz CT molecular complexity index is 348. The predicted molar refractivity (Wildman–Crippen MR) is 58.9 cm³/mol. The van der Waals surface area contributed by atoms with Crippen LogP contribution in [0.15, 0.2) is 4.52 Å². The quantitative estimate of drug-likeness (QED) is 0.739. The highest BCUT2D eigenvalue weighted by Crippen LogP contribution is 2.58. The van der Waals surface area contributed by atoms with Gasteiger partial charge in [-0.3, -0.25) is 0 Å². The van der Waals surface area contributed by atoms with Crippen molar-refractivity contribution in [2.24, 2.45) is 5.41 Å². The normalized spacial score (nSPS) is 25.2. The van der Waals surface area contributed by atoms with E-state index in [1.54, 1.807) is 0 Å². The van der Waals surface area contributed by atoms with Crippen molar-refractivity contribution in [1.82, 2.24) is 10.1 Å². The third-order valence-electron chi connectivity index (χ3n) is 3.09. The zero-order chi connectivity index (χ0) is 11.1. The number of nitrogens with zero attached hydrogens (tertiary/aromatic N) is 2. The van der Waals surface area contributed by atoms with Gasteiger partial charge in [0.05, 0.1) is 5.38 Å². The van der Waals surface area contributed by atoms with Crippen LogP contribution in [0.4, 0.5) is 0 Å². The Morgan fingerprint density at radius 2 is 2.27 bits per heavy atom. The minimum Gasteiger partial charge on any atom is -0.339 e. The number of halogens is 1. The Labute approximate surface area is 95.2 Å². The van der Waals surface area contributed by atoms with Crippen LogP contribution in [0.1, 0.15) is 63.0 Å². The topological polar surface area (TPSA) is 38.9 Å². The predicted octanol–water partition coefficient (Wildman–Crippen LogP) is 3.66. The van der Waals surface area contributed by atoms with Gasteiger partial charge in [-0.05, 0) is 18.3 Å². The highest BCUT2D eigenvalue weighted by Gasteiger charge is 2.50. The highest BCUT2D eigenvalue weighted by atomic mass is 35.5. The van der Waals surface area contributed by atoms with Crippen molar-refractivity contribution >= 4 is 11.6 Å². The van der Waals surface area contributed by atoms with E-state index >= 15 is 0 Å². The first-order valence-electron chi connectivity index (χ1n) is 5.52. The molecule has 3 nitrogen and oxygen atoms in total. The molecule has 4 heteroatoms. The van der Waals surface area contributed by atoms with Crippen molar-refractivity contribution < 1.29 is 4.52 Å². The molecule has 15 heavy (non-hydrogen) atoms. The second-order valence-electron chi connectivity index (χ2n) is 4.99. The van der Waals surface area contributed by atoms with Gasteiger partial charge in [-0.25, -0.2) is 0 Å². The van der Waals surface area contributed by atoms with Crippen LogP contribution in [0.3, 0.4) is 0 Å². The molecule has 2 rings (SSSR count). The molecule has 0 saturated heterocycles. The average Bonchev–Trinajstić information content (AvgIpc) is 2.66. The SMILES string of the molecule is CCCC(Cl)c1noc(C2CC2(C)C)n1. The van der Waals surface area contributed by atoms with Crippen LogP contribution >= 0.6 is 11.6 Å². The summed E-state index contributed by atoms with van der Waals surface area (Å²) in [7, 11) is 0. The molecule has 84 valence electrons. The summed E-state index contributed by atoms with van der Waals surface area (Å²) in [5.74, 6) is 1.84. The number of hydrogen-bond acceptors (Lipinski definition) is 3. The number of hydrogen-bond donors (Lipinski definition) is 0. The molecule has 2 unspecified atom stereocenters. The fraction of sp³-hybridized carbons (Fsp3) is 0.818. The molecule has 0 spiro atoms. The molecule has 0 N–H and O–H groups in total. The summed E-state index contributed by atoms with van der Waals surface area (Å²) in [6, 6.07) is 0. The minimum absolute atomic E-state index is 0.102. The van der Waals surface area contributed by atoms with Gasteiger partial charge in [-0.15, -0.1) is 11.6 Å². The molecule has 0 amide bonds. The lowest BCUT2D eigenvalue weighted by Gasteiger charge is -1.99. The first kappa shape index (κ1) is 10.9. The zero-order valence-electron chi connectivity index (χ0n) is 9.46. The van der Waals surface area contributed by atoms with Crippen molar-refractivity contribution in [3.05, 3.63) is 11.7 Å². The van der Waals surface area contributed by atoms with E-state index in [9.17, 15) is 0 Å². The van der Waals surface area contributed by atoms with Crippen LogP contribution < -0.4 is 0 Å². The molecule has 2 atom stereocenters. The van der Waals surface area contributed by atoms with Gasteiger partial charge in [0.1, 0.15) is 0 Å². The Morgan fingerprint density at radius 1 is 1.60 bits per heavy atom. The maximum Gasteiger partial charge on any atom is 0.230 e. The van der Waals surface area contributed by atoms with Crippen LogP contribution in [0.5, 0.6) is 0 Å². The molecular weight excluding hydrogens is 212 g/mol. The molecule has 1 aromatic rings. The van der Waals surface area contributed by atoms with Gasteiger partial charge < -0.3 is 4.52 Å². The van der Waals surface area contributed by atoms with E-state index in [1.165, 1.54) is 0 Å². The zero-order valence-corrected chi connectivity index (χ0v) is 10.2. The molecule has 1 aliphatic rings. The van der Waals surface area contributed by atoms with Crippen molar-refractivity contribution in [3.63, 3.8) is 0 Å². The largest absolute Gasteiger partial charge is 0.339 e. The van der Waals surface area contributed by atoms with Crippen molar-refractivity contribution in [2.75, 3.05) is 0 Å². The molecule has 0 radical (unpaired) electrons. The summed E-state index contributed by atoms with van der Waals surface area (Å²) in [6.07, 6.45) is 3.07. The summed E-state index contributed by atoms with van der Waals surface area (Å²) in [6.45, 7) is 6.53. The molecular formula is C11H17ClN2O. The van der Waals surface area contributed by atoms with Gasteiger partial charge in [0.2, 0.25) is 5.89 Å². The van der Waals surface area contributed by atoms with Crippen LogP contribution in [-0.4, -0.2) is 10.1 Å². The number of rotatable bonds is 4. The second kappa shape index (κ2) is 3.78. The first-order valence-corrected chi connectivity index (χ1v) is 5.96. The molecule has 1 heterocycles. The number of alkyl halides is 1. The summed E-state index contributed by atoms with van der Waals surface area (Å²) < 4.78 is 5.25. The Kier molecular flexibility index (Phi) is 2.75. The van der Waals surface area contributed by atoms with Gasteiger partial charge in [0.25, 0.3) is 0 Å². The monoisotopic (exact) mass is 228 g/mol. The van der Waals surface area contributed by atoms with Crippen LogP contribution in [-0.2, 0) is 0 Å². The van der Waals surface area contributed by atoms with Gasteiger partial charge >= 0.3 is 0 Å². The minimum atomic E-state index is -0.102. The average molecular weight is 229 g/mol. The van der Waals surface area contributed by atoms with Crippen molar-refractivity contribution in [3.8, 4) is 0 Å². The second-order valence-corrected chi connectivity index (χ2v) is 5.52. The van der Waals surface area contributed by atoms with E-state index in [2.05, 4.69) is 30.9 Å². The van der Waals surface area contributed by atoms with E-state index < -0.39 is 0 Å². The van der Waals surface area contributed by atoms with Crippen LogP contribution in [0, 0.1) is 5.41 Å². The first-order chi connectivity index (χ1) is 7.04. The summed E-state index contributed by atoms with van der Waals surface area (Å²) in [5.41, 5.74) is 0.330. The third kappa shape index (κ3) is 2.17. The van der Waals surface area contributed by atoms with E-state index in [4.69, 9.17) is 16.1 Å². The van der Waals surface area contributed by atoms with E-state index in [-0.39, 0.29) is 5.38 Å². The molecule has 1 fully saturated rings. The smallest absolute Gasteiger partial charge is 0.230 e. The Morgan fingerprint density at radius 3 is 2.80 bits per heavy atom. The van der Waals surface area contributed by atoms with Gasteiger partial charge in [-0.1, -0.05) is 32.3 Å². The van der Waals surface area contributed by atoms with E-state index in [0.29, 0.717) is 17.2 Å². The van der Waals surface area contributed by atoms with Crippen LogP contribution in [0.2, 0.25) is 0 Å². The summed E-state index contributed by atoms with van der Waals surface area (Å²) in [4.78, 5) is 4.38. The third-order valence-corrected chi connectivity index (χ3v) is 3.50. The maximum atomic E-state index is 6.13. The highest BCUT2D eigenvalue weighted by molar-refractivity contribution is 6.20. The van der Waals surface area contributed by atoms with Gasteiger partial charge in [-0.2, -0.15) is 4.98 Å². The standard InChI is InChI=1S/C11H17ClN2O/c1-4-5-8(12)9-13-10(15-14-9)7-6-11(7,2)3/h7-8H,4-6H2,1-3H3. The van der Waals surface area contributed by atoms with Crippen LogP contribution in [0.25, 0.3) is 0 Å². The van der Waals surface area contributed by atoms with Gasteiger partial charge in [0.15, 0.2) is 5.82 Å². The lowest BCUT2D eigenvalue weighted by atomic mass is 10.1. The lowest BCUT2D eigenvalue weighted by Crippen LogP contribution is -1.94. The number of aromatic nitrogens is 2. The van der Waals surface area contributed by atoms with Crippen molar-refractivity contribution in [1.29, 1.82) is 0 Å². The Balaban J connectivity index is 2.05. The molecule has 1 aromatic heterocycles.